The molecule has 7 nitrogen and oxygen atoms in total. The molecule has 5 rings (SSSR count). The molecule has 0 spiro atoms. The van der Waals surface area contributed by atoms with E-state index in [1.807, 2.05) is 36.1 Å². The average molecular weight is 433 g/mol. The molecule has 0 radical (unpaired) electrons. The molecule has 1 unspecified atom stereocenters. The second-order valence-electron chi connectivity index (χ2n) is 7.13. The predicted molar refractivity (Wildman–Crippen MR) is 118 cm³/mol. The van der Waals surface area contributed by atoms with Gasteiger partial charge in [0.1, 0.15) is 5.69 Å². The Labute approximate surface area is 183 Å². The molecule has 156 valence electrons. The van der Waals surface area contributed by atoms with Gasteiger partial charge in [0.25, 0.3) is 0 Å². The fraction of sp³-hybridized carbons (Fsp3) is 0.217. The lowest BCUT2D eigenvalue weighted by Crippen LogP contribution is -2.36. The summed E-state index contributed by atoms with van der Waals surface area (Å²) in [7, 11) is 0. The first-order valence-corrected chi connectivity index (χ1v) is 11.0. The highest BCUT2D eigenvalue weighted by atomic mass is 32.2. The van der Waals surface area contributed by atoms with Gasteiger partial charge in [0.2, 0.25) is 11.1 Å². The number of thioether (sulfide) groups is 1. The van der Waals surface area contributed by atoms with Crippen LogP contribution in [0.3, 0.4) is 0 Å². The molecule has 31 heavy (non-hydrogen) atoms. The Bertz CT molecular complexity index is 1190. The minimum absolute atomic E-state index is 0.0655. The van der Waals surface area contributed by atoms with Crippen molar-refractivity contribution in [2.45, 2.75) is 30.2 Å². The lowest BCUT2D eigenvalue weighted by molar-refractivity contribution is -0.118. The molecule has 1 aromatic carbocycles. The zero-order valence-corrected chi connectivity index (χ0v) is 17.7. The van der Waals surface area contributed by atoms with Crippen LogP contribution >= 0.6 is 11.8 Å². The molecule has 8 heteroatoms. The number of para-hydroxylation sites is 1. The number of rotatable bonds is 6. The summed E-state index contributed by atoms with van der Waals surface area (Å²) in [6.45, 7) is 2.69. The lowest BCUT2D eigenvalue weighted by atomic mass is 10.2. The van der Waals surface area contributed by atoms with E-state index in [0.717, 1.165) is 12.1 Å². The van der Waals surface area contributed by atoms with E-state index in [0.29, 0.717) is 41.0 Å². The minimum Gasteiger partial charge on any atom is -0.463 e. The predicted octanol–water partition coefficient (Wildman–Crippen LogP) is 4.85. The third-order valence-corrected chi connectivity index (χ3v) is 6.43. The van der Waals surface area contributed by atoms with Crippen molar-refractivity contribution >= 4 is 23.4 Å². The van der Waals surface area contributed by atoms with Crippen LogP contribution in [0.25, 0.3) is 22.9 Å². The van der Waals surface area contributed by atoms with Gasteiger partial charge in [-0.25, -0.2) is 4.98 Å². The van der Waals surface area contributed by atoms with E-state index >= 15 is 0 Å². The Hall–Kier alpha value is -3.39. The highest BCUT2D eigenvalue weighted by Gasteiger charge is 2.31. The van der Waals surface area contributed by atoms with E-state index in [4.69, 9.17) is 8.83 Å². The molecule has 1 aliphatic heterocycles. The van der Waals surface area contributed by atoms with Gasteiger partial charge in [-0.2, -0.15) is 0 Å². The first-order valence-electron chi connectivity index (χ1n) is 10.1. The number of furan rings is 2. The number of anilines is 1. The average Bonchev–Trinajstić information content (AvgIpc) is 3.58. The van der Waals surface area contributed by atoms with E-state index in [-0.39, 0.29) is 11.2 Å². The quantitative estimate of drug-likeness (QED) is 0.403. The molecule has 0 saturated carbocycles. The summed E-state index contributed by atoms with van der Waals surface area (Å²) in [5.74, 6) is 1.19. The van der Waals surface area contributed by atoms with Crippen molar-refractivity contribution in [1.82, 2.24) is 15.2 Å². The molecule has 1 atom stereocenters. The monoisotopic (exact) mass is 432 g/mol. The van der Waals surface area contributed by atoms with Gasteiger partial charge in [-0.15, -0.1) is 10.2 Å². The maximum Gasteiger partial charge on any atom is 0.240 e. The zero-order valence-electron chi connectivity index (χ0n) is 16.9. The van der Waals surface area contributed by atoms with Crippen molar-refractivity contribution in [3.05, 3.63) is 66.6 Å². The van der Waals surface area contributed by atoms with Crippen LogP contribution in [0.15, 0.2) is 75.0 Å². The van der Waals surface area contributed by atoms with Gasteiger partial charge in [-0.05, 0) is 48.7 Å². The largest absolute Gasteiger partial charge is 0.463 e. The first-order chi connectivity index (χ1) is 15.2. The normalized spacial score (nSPS) is 13.9. The fourth-order valence-electron chi connectivity index (χ4n) is 3.70. The van der Waals surface area contributed by atoms with Gasteiger partial charge in [0.15, 0.2) is 17.2 Å². The molecule has 3 aromatic heterocycles. The van der Waals surface area contributed by atoms with Crippen molar-refractivity contribution in [2.75, 3.05) is 11.4 Å². The summed E-state index contributed by atoms with van der Waals surface area (Å²) >= 11 is 1.33. The van der Waals surface area contributed by atoms with Gasteiger partial charge in [0, 0.05) is 12.2 Å². The number of hydrogen-bond donors (Lipinski definition) is 0. The van der Waals surface area contributed by atoms with Crippen molar-refractivity contribution < 1.29 is 13.6 Å². The molecule has 0 saturated heterocycles. The topological polar surface area (TPSA) is 85.3 Å². The summed E-state index contributed by atoms with van der Waals surface area (Å²) in [6, 6.07) is 15.2. The second-order valence-corrected chi connectivity index (χ2v) is 8.30. The Balaban J connectivity index is 1.44. The summed E-state index contributed by atoms with van der Waals surface area (Å²) < 4.78 is 11.0. The van der Waals surface area contributed by atoms with Gasteiger partial charge in [0.05, 0.1) is 17.8 Å². The molecule has 0 fully saturated rings. The minimum atomic E-state index is -0.313. The summed E-state index contributed by atoms with van der Waals surface area (Å²) in [5.41, 5.74) is 3.23. The van der Waals surface area contributed by atoms with Crippen LogP contribution in [0.4, 0.5) is 5.69 Å². The molecule has 0 bridgehead atoms. The highest BCUT2D eigenvalue weighted by Crippen LogP contribution is 2.34. The van der Waals surface area contributed by atoms with Gasteiger partial charge in [-0.3, -0.25) is 4.79 Å². The molecule has 4 aromatic rings. The Morgan fingerprint density at radius 2 is 1.77 bits per heavy atom. The van der Waals surface area contributed by atoms with Crippen LogP contribution in [0.1, 0.15) is 18.9 Å². The van der Waals surface area contributed by atoms with E-state index in [9.17, 15) is 4.79 Å². The maximum atomic E-state index is 13.3. The Kier molecular flexibility index (Phi) is 5.30. The SMILES string of the molecule is CCC(Sc1nnc(-c2ccco2)c(-c2ccco2)n1)C(=O)N1CCc2ccccc21. The Morgan fingerprint density at radius 1 is 1.03 bits per heavy atom. The van der Waals surface area contributed by atoms with Gasteiger partial charge in [-0.1, -0.05) is 36.9 Å². The number of carbonyl (C=O) groups is 1. The zero-order chi connectivity index (χ0) is 21.2. The maximum absolute atomic E-state index is 13.3. The smallest absolute Gasteiger partial charge is 0.240 e. The van der Waals surface area contributed by atoms with E-state index in [1.165, 1.54) is 17.3 Å². The number of nitrogens with zero attached hydrogens (tertiary/aromatic N) is 4. The highest BCUT2D eigenvalue weighted by molar-refractivity contribution is 8.00. The third kappa shape index (κ3) is 3.74. The van der Waals surface area contributed by atoms with Crippen molar-refractivity contribution in [1.29, 1.82) is 0 Å². The number of carbonyl (C=O) groups excluding carboxylic acids is 1. The van der Waals surface area contributed by atoms with E-state index in [1.54, 1.807) is 30.7 Å². The number of aromatic nitrogens is 3. The van der Waals surface area contributed by atoms with Crippen LogP contribution in [0, 0.1) is 0 Å². The number of fused-ring (bicyclic) bond motifs is 1. The van der Waals surface area contributed by atoms with Crippen LogP contribution in [-0.2, 0) is 11.2 Å². The van der Waals surface area contributed by atoms with Crippen molar-refractivity contribution in [3.8, 4) is 22.9 Å². The lowest BCUT2D eigenvalue weighted by Gasteiger charge is -2.22. The molecular formula is C23H20N4O3S. The van der Waals surface area contributed by atoms with Crippen molar-refractivity contribution in [2.24, 2.45) is 0 Å². The molecule has 0 N–H and O–H groups in total. The molecular weight excluding hydrogens is 412 g/mol. The van der Waals surface area contributed by atoms with Crippen molar-refractivity contribution in [3.63, 3.8) is 0 Å². The van der Waals surface area contributed by atoms with Crippen LogP contribution in [0.5, 0.6) is 0 Å². The Morgan fingerprint density at radius 3 is 2.48 bits per heavy atom. The summed E-state index contributed by atoms with van der Waals surface area (Å²) in [4.78, 5) is 19.9. The number of amides is 1. The second kappa shape index (κ2) is 8.39. The van der Waals surface area contributed by atoms with Crippen LogP contribution in [0.2, 0.25) is 0 Å². The van der Waals surface area contributed by atoms with Crippen LogP contribution in [-0.4, -0.2) is 32.9 Å². The fourth-order valence-corrected chi connectivity index (χ4v) is 4.58. The van der Waals surface area contributed by atoms with Gasteiger partial charge < -0.3 is 13.7 Å². The van der Waals surface area contributed by atoms with E-state index < -0.39 is 0 Å². The third-order valence-electron chi connectivity index (χ3n) is 5.22. The molecule has 4 heterocycles. The molecule has 1 amide bonds. The van der Waals surface area contributed by atoms with E-state index in [2.05, 4.69) is 21.2 Å². The number of benzene rings is 1. The standard InChI is InChI=1S/C23H20N4O3S/c1-2-19(22(28)27-12-11-15-7-3-4-8-16(15)27)31-23-24-20(17-9-5-13-29-17)21(25-26-23)18-10-6-14-30-18/h3-10,13-14,19H,2,11-12H2,1H3. The summed E-state index contributed by atoms with van der Waals surface area (Å²) in [5, 5.41) is 8.73. The molecule has 0 aliphatic carbocycles. The number of hydrogen-bond acceptors (Lipinski definition) is 7. The first kappa shape index (κ1) is 19.6. The van der Waals surface area contributed by atoms with Crippen LogP contribution < -0.4 is 4.90 Å². The summed E-state index contributed by atoms with van der Waals surface area (Å²) in [6.07, 6.45) is 4.69. The van der Waals surface area contributed by atoms with Gasteiger partial charge >= 0.3 is 0 Å². The molecule has 1 aliphatic rings.